The fourth-order valence-corrected chi connectivity index (χ4v) is 3.56. The zero-order valence-corrected chi connectivity index (χ0v) is 13.1. The van der Waals surface area contributed by atoms with Crippen LogP contribution in [0.4, 0.5) is 0 Å². The van der Waals surface area contributed by atoms with E-state index in [1.807, 2.05) is 19.2 Å². The van der Waals surface area contributed by atoms with Crippen LogP contribution in [0.5, 0.6) is 0 Å². The highest BCUT2D eigenvalue weighted by Crippen LogP contribution is 2.35. The predicted octanol–water partition coefficient (Wildman–Crippen LogP) is 5.61. The number of nitrogens with one attached hydrogen (secondary N) is 1. The molecule has 0 heterocycles. The predicted molar refractivity (Wildman–Crippen MR) is 84.1 cm³/mol. The van der Waals surface area contributed by atoms with E-state index in [1.165, 1.54) is 38.5 Å². The lowest BCUT2D eigenvalue weighted by atomic mass is 9.89. The van der Waals surface area contributed by atoms with E-state index in [0.717, 1.165) is 17.9 Å². The highest BCUT2D eigenvalue weighted by molar-refractivity contribution is 6.42. The van der Waals surface area contributed by atoms with Gasteiger partial charge in [0, 0.05) is 6.04 Å². The van der Waals surface area contributed by atoms with E-state index >= 15 is 0 Å². The molecule has 0 amide bonds. The van der Waals surface area contributed by atoms with E-state index in [4.69, 9.17) is 23.2 Å². The van der Waals surface area contributed by atoms with Gasteiger partial charge in [0.1, 0.15) is 0 Å². The second-order valence-electron chi connectivity index (χ2n) is 5.58. The topological polar surface area (TPSA) is 12.0 Å². The van der Waals surface area contributed by atoms with Crippen LogP contribution in [0.2, 0.25) is 10.0 Å². The van der Waals surface area contributed by atoms with Crippen LogP contribution < -0.4 is 5.32 Å². The molecule has 1 fully saturated rings. The molecule has 2 rings (SSSR count). The molecule has 106 valence electrons. The first-order chi connectivity index (χ1) is 9.22. The number of hydrogen-bond donors (Lipinski definition) is 1. The Kier molecular flexibility index (Phi) is 6.00. The minimum Gasteiger partial charge on any atom is -0.313 e. The van der Waals surface area contributed by atoms with Gasteiger partial charge in [0.2, 0.25) is 0 Å². The monoisotopic (exact) mass is 299 g/mol. The van der Waals surface area contributed by atoms with Crippen molar-refractivity contribution in [2.75, 3.05) is 7.05 Å². The lowest BCUT2D eigenvalue weighted by Gasteiger charge is -2.23. The molecule has 1 atom stereocenters. The number of halogens is 2. The van der Waals surface area contributed by atoms with E-state index < -0.39 is 0 Å². The van der Waals surface area contributed by atoms with Crippen LogP contribution >= 0.6 is 23.2 Å². The summed E-state index contributed by atoms with van der Waals surface area (Å²) in [7, 11) is 2.01. The van der Waals surface area contributed by atoms with Crippen LogP contribution in [0.3, 0.4) is 0 Å². The summed E-state index contributed by atoms with van der Waals surface area (Å²) in [5, 5.41) is 4.77. The zero-order valence-electron chi connectivity index (χ0n) is 11.6. The summed E-state index contributed by atoms with van der Waals surface area (Å²) in [4.78, 5) is 0. The van der Waals surface area contributed by atoms with Crippen LogP contribution in [0.15, 0.2) is 18.2 Å². The van der Waals surface area contributed by atoms with Gasteiger partial charge in [-0.2, -0.15) is 0 Å². The maximum atomic E-state index is 6.34. The first-order valence-electron chi connectivity index (χ1n) is 7.33. The van der Waals surface area contributed by atoms with Crippen molar-refractivity contribution >= 4 is 23.2 Å². The highest BCUT2D eigenvalue weighted by atomic mass is 35.5. The molecular formula is C16H23Cl2N. The van der Waals surface area contributed by atoms with Gasteiger partial charge in [-0.25, -0.2) is 0 Å². The lowest BCUT2D eigenvalue weighted by Crippen LogP contribution is -2.20. The van der Waals surface area contributed by atoms with Gasteiger partial charge < -0.3 is 5.32 Å². The molecule has 0 saturated heterocycles. The first kappa shape index (κ1) is 15.2. The Labute approximate surface area is 126 Å². The molecule has 1 N–H and O–H groups in total. The third-order valence-corrected chi connectivity index (χ3v) is 5.08. The van der Waals surface area contributed by atoms with E-state index in [1.54, 1.807) is 0 Å². The summed E-state index contributed by atoms with van der Waals surface area (Å²) < 4.78 is 0. The minimum atomic E-state index is 0.314. The standard InChI is InChI=1S/C16H23Cl2N/c1-19-15(11-12-7-4-2-3-5-8-12)13-9-6-10-14(17)16(13)18/h6,9-10,12,15,19H,2-5,7-8,11H2,1H3. The van der Waals surface area contributed by atoms with Gasteiger partial charge in [-0.3, -0.25) is 0 Å². The van der Waals surface area contributed by atoms with Crippen LogP contribution in [0, 0.1) is 5.92 Å². The fraction of sp³-hybridized carbons (Fsp3) is 0.625. The van der Waals surface area contributed by atoms with Crippen molar-refractivity contribution in [3.63, 3.8) is 0 Å². The average Bonchev–Trinajstić information content (AvgIpc) is 2.68. The summed E-state index contributed by atoms with van der Waals surface area (Å²) in [6.07, 6.45) is 9.44. The Balaban J connectivity index is 2.08. The number of benzene rings is 1. The smallest absolute Gasteiger partial charge is 0.0640 e. The normalized spacial score (nSPS) is 19.1. The van der Waals surface area contributed by atoms with Crippen molar-refractivity contribution in [2.45, 2.75) is 51.0 Å². The van der Waals surface area contributed by atoms with Gasteiger partial charge in [-0.15, -0.1) is 0 Å². The molecule has 0 spiro atoms. The summed E-state index contributed by atoms with van der Waals surface area (Å²) in [6.45, 7) is 0. The second-order valence-corrected chi connectivity index (χ2v) is 6.36. The van der Waals surface area contributed by atoms with E-state index in [0.29, 0.717) is 16.1 Å². The Morgan fingerprint density at radius 2 is 1.84 bits per heavy atom. The molecule has 1 aromatic carbocycles. The van der Waals surface area contributed by atoms with Gasteiger partial charge >= 0.3 is 0 Å². The summed E-state index contributed by atoms with van der Waals surface area (Å²) in [5.41, 5.74) is 1.14. The van der Waals surface area contributed by atoms with E-state index in [2.05, 4.69) is 11.4 Å². The number of hydrogen-bond acceptors (Lipinski definition) is 1. The maximum absolute atomic E-state index is 6.34. The fourth-order valence-electron chi connectivity index (χ4n) is 3.12. The molecule has 0 radical (unpaired) electrons. The van der Waals surface area contributed by atoms with Gasteiger partial charge in [-0.1, -0.05) is 73.9 Å². The Morgan fingerprint density at radius 3 is 2.47 bits per heavy atom. The molecule has 0 aromatic heterocycles. The molecule has 19 heavy (non-hydrogen) atoms. The molecule has 1 nitrogen and oxygen atoms in total. The van der Waals surface area contributed by atoms with Gasteiger partial charge in [-0.05, 0) is 31.0 Å². The Hall–Kier alpha value is -0.240. The second kappa shape index (κ2) is 7.52. The average molecular weight is 300 g/mol. The summed E-state index contributed by atoms with van der Waals surface area (Å²) >= 11 is 12.5. The quantitative estimate of drug-likeness (QED) is 0.712. The molecular weight excluding hydrogens is 277 g/mol. The highest BCUT2D eigenvalue weighted by Gasteiger charge is 2.20. The van der Waals surface area contributed by atoms with Crippen molar-refractivity contribution in [1.29, 1.82) is 0 Å². The first-order valence-corrected chi connectivity index (χ1v) is 8.09. The number of rotatable bonds is 4. The maximum Gasteiger partial charge on any atom is 0.0640 e. The van der Waals surface area contributed by atoms with Crippen molar-refractivity contribution in [1.82, 2.24) is 5.32 Å². The molecule has 1 saturated carbocycles. The summed E-state index contributed by atoms with van der Waals surface area (Å²) in [5.74, 6) is 0.815. The SMILES string of the molecule is CNC(CC1CCCCCC1)c1cccc(Cl)c1Cl. The van der Waals surface area contributed by atoms with Crippen molar-refractivity contribution < 1.29 is 0 Å². The third-order valence-electron chi connectivity index (χ3n) is 4.25. The van der Waals surface area contributed by atoms with Crippen LogP contribution in [0.25, 0.3) is 0 Å². The molecule has 1 aliphatic rings. The third kappa shape index (κ3) is 4.11. The van der Waals surface area contributed by atoms with E-state index in [9.17, 15) is 0 Å². The molecule has 3 heteroatoms. The lowest BCUT2D eigenvalue weighted by molar-refractivity contribution is 0.368. The molecule has 1 aromatic rings. The van der Waals surface area contributed by atoms with Crippen molar-refractivity contribution in [2.24, 2.45) is 5.92 Å². The van der Waals surface area contributed by atoms with Crippen LogP contribution in [-0.4, -0.2) is 7.05 Å². The zero-order chi connectivity index (χ0) is 13.7. The van der Waals surface area contributed by atoms with Crippen LogP contribution in [0.1, 0.15) is 56.6 Å². The molecule has 1 aliphatic carbocycles. The largest absolute Gasteiger partial charge is 0.313 e. The van der Waals surface area contributed by atoms with Crippen LogP contribution in [-0.2, 0) is 0 Å². The Bertz CT molecular complexity index is 398. The molecule has 0 bridgehead atoms. The molecule has 0 aliphatic heterocycles. The Morgan fingerprint density at radius 1 is 1.16 bits per heavy atom. The van der Waals surface area contributed by atoms with Gasteiger partial charge in [0.05, 0.1) is 10.0 Å². The van der Waals surface area contributed by atoms with Crippen molar-refractivity contribution in [3.05, 3.63) is 33.8 Å². The van der Waals surface area contributed by atoms with E-state index in [-0.39, 0.29) is 0 Å². The summed E-state index contributed by atoms with van der Waals surface area (Å²) in [6, 6.07) is 6.24. The minimum absolute atomic E-state index is 0.314. The van der Waals surface area contributed by atoms with Gasteiger partial charge in [0.25, 0.3) is 0 Å². The van der Waals surface area contributed by atoms with Crippen molar-refractivity contribution in [3.8, 4) is 0 Å². The van der Waals surface area contributed by atoms with Gasteiger partial charge in [0.15, 0.2) is 0 Å². The molecule has 1 unspecified atom stereocenters.